The van der Waals surface area contributed by atoms with Gasteiger partial charge in [-0.25, -0.2) is 9.37 Å². The number of nitrogens with one attached hydrogen (secondary N) is 1. The molecule has 1 aromatic heterocycles. The number of benzene rings is 1. The van der Waals surface area contributed by atoms with E-state index in [-0.39, 0.29) is 11.9 Å². The predicted octanol–water partition coefficient (Wildman–Crippen LogP) is 2.92. The summed E-state index contributed by atoms with van der Waals surface area (Å²) in [4.78, 5) is 4.58. The number of halogens is 1. The molecule has 1 aromatic carbocycles. The molecule has 0 bridgehead atoms. The van der Waals surface area contributed by atoms with Crippen LogP contribution in [0, 0.1) is 12.7 Å². The standard InChI is InChI=1S/C14H15FN2OS/c1-9-2-3-10(6-11(9)15)13-8-19-14(17-13)12-7-18-5-4-16-12/h2-3,6,8,12,16H,4-5,7H2,1H3. The molecule has 0 saturated carbocycles. The van der Waals surface area contributed by atoms with Crippen LogP contribution in [0.5, 0.6) is 0 Å². The molecule has 2 heterocycles. The van der Waals surface area contributed by atoms with E-state index >= 15 is 0 Å². The SMILES string of the molecule is Cc1ccc(-c2csc(C3COCCN3)n2)cc1F. The van der Waals surface area contributed by atoms with Crippen molar-refractivity contribution in [1.82, 2.24) is 10.3 Å². The molecule has 1 unspecified atom stereocenters. The van der Waals surface area contributed by atoms with Crippen molar-refractivity contribution in [3.05, 3.63) is 40.0 Å². The molecular formula is C14H15FN2OS. The molecule has 5 heteroatoms. The number of aromatic nitrogens is 1. The zero-order valence-electron chi connectivity index (χ0n) is 10.6. The van der Waals surface area contributed by atoms with Crippen LogP contribution in [0.15, 0.2) is 23.6 Å². The van der Waals surface area contributed by atoms with Crippen LogP contribution in [0.2, 0.25) is 0 Å². The van der Waals surface area contributed by atoms with Crippen LogP contribution in [0.1, 0.15) is 16.6 Å². The van der Waals surface area contributed by atoms with Crippen molar-refractivity contribution in [2.24, 2.45) is 0 Å². The maximum absolute atomic E-state index is 13.6. The van der Waals surface area contributed by atoms with E-state index in [1.807, 2.05) is 11.4 Å². The first kappa shape index (κ1) is 12.7. The van der Waals surface area contributed by atoms with Gasteiger partial charge < -0.3 is 10.1 Å². The van der Waals surface area contributed by atoms with Gasteiger partial charge in [0.2, 0.25) is 0 Å². The van der Waals surface area contributed by atoms with Crippen molar-refractivity contribution in [3.8, 4) is 11.3 Å². The Morgan fingerprint density at radius 1 is 1.47 bits per heavy atom. The van der Waals surface area contributed by atoms with Crippen LogP contribution in [0.3, 0.4) is 0 Å². The Labute approximate surface area is 115 Å². The van der Waals surface area contributed by atoms with Gasteiger partial charge in [0, 0.05) is 17.5 Å². The maximum Gasteiger partial charge on any atom is 0.126 e. The Morgan fingerprint density at radius 3 is 3.11 bits per heavy atom. The second-order valence-electron chi connectivity index (χ2n) is 4.62. The number of aryl methyl sites for hydroxylation is 1. The average molecular weight is 278 g/mol. The number of hydrogen-bond acceptors (Lipinski definition) is 4. The summed E-state index contributed by atoms with van der Waals surface area (Å²) in [5.41, 5.74) is 2.30. The summed E-state index contributed by atoms with van der Waals surface area (Å²) in [6, 6.07) is 5.38. The summed E-state index contributed by atoms with van der Waals surface area (Å²) in [7, 11) is 0. The quantitative estimate of drug-likeness (QED) is 0.917. The van der Waals surface area contributed by atoms with Crippen molar-refractivity contribution >= 4 is 11.3 Å². The Bertz CT molecular complexity index is 579. The number of morpholine rings is 1. The molecule has 19 heavy (non-hydrogen) atoms. The Balaban J connectivity index is 1.85. The molecule has 1 aliphatic heterocycles. The lowest BCUT2D eigenvalue weighted by Crippen LogP contribution is -2.34. The van der Waals surface area contributed by atoms with Crippen LogP contribution >= 0.6 is 11.3 Å². The molecule has 0 aliphatic carbocycles. The van der Waals surface area contributed by atoms with E-state index < -0.39 is 0 Å². The molecule has 0 radical (unpaired) electrons. The number of ether oxygens (including phenoxy) is 1. The lowest BCUT2D eigenvalue weighted by Gasteiger charge is -2.21. The van der Waals surface area contributed by atoms with Crippen LogP contribution in [-0.2, 0) is 4.74 Å². The fraction of sp³-hybridized carbons (Fsp3) is 0.357. The van der Waals surface area contributed by atoms with Crippen molar-refractivity contribution in [3.63, 3.8) is 0 Å². The van der Waals surface area contributed by atoms with Gasteiger partial charge in [-0.15, -0.1) is 11.3 Å². The number of nitrogens with zero attached hydrogens (tertiary/aromatic N) is 1. The van der Waals surface area contributed by atoms with Gasteiger partial charge in [0.25, 0.3) is 0 Å². The minimum absolute atomic E-state index is 0.155. The molecule has 0 spiro atoms. The van der Waals surface area contributed by atoms with Gasteiger partial charge in [0.05, 0.1) is 24.9 Å². The molecule has 100 valence electrons. The summed E-state index contributed by atoms with van der Waals surface area (Å²) in [6.45, 7) is 4.00. The van der Waals surface area contributed by atoms with Gasteiger partial charge in [0.1, 0.15) is 10.8 Å². The van der Waals surface area contributed by atoms with Crippen LogP contribution < -0.4 is 5.32 Å². The molecule has 2 aromatic rings. The first-order chi connectivity index (χ1) is 9.24. The van der Waals surface area contributed by atoms with Crippen molar-refractivity contribution in [2.45, 2.75) is 13.0 Å². The molecule has 1 aliphatic rings. The van der Waals surface area contributed by atoms with E-state index in [4.69, 9.17) is 4.74 Å². The highest BCUT2D eigenvalue weighted by Gasteiger charge is 2.19. The highest BCUT2D eigenvalue weighted by atomic mass is 32.1. The normalized spacial score (nSPS) is 19.6. The zero-order valence-corrected chi connectivity index (χ0v) is 11.5. The molecule has 1 fully saturated rings. The van der Waals surface area contributed by atoms with Gasteiger partial charge in [-0.3, -0.25) is 0 Å². The number of rotatable bonds is 2. The minimum Gasteiger partial charge on any atom is -0.378 e. The number of hydrogen-bond donors (Lipinski definition) is 1. The van der Waals surface area contributed by atoms with Crippen molar-refractivity contribution in [2.75, 3.05) is 19.8 Å². The summed E-state index contributed by atoms with van der Waals surface area (Å²) in [5, 5.41) is 6.33. The minimum atomic E-state index is -0.189. The summed E-state index contributed by atoms with van der Waals surface area (Å²) >= 11 is 1.58. The first-order valence-electron chi connectivity index (χ1n) is 6.27. The number of thiazole rings is 1. The first-order valence-corrected chi connectivity index (χ1v) is 7.15. The van der Waals surface area contributed by atoms with E-state index in [2.05, 4.69) is 10.3 Å². The largest absolute Gasteiger partial charge is 0.378 e. The molecule has 1 saturated heterocycles. The molecule has 3 rings (SSSR count). The Hall–Kier alpha value is -1.30. The highest BCUT2D eigenvalue weighted by Crippen LogP contribution is 2.27. The highest BCUT2D eigenvalue weighted by molar-refractivity contribution is 7.10. The Morgan fingerprint density at radius 2 is 2.37 bits per heavy atom. The fourth-order valence-electron chi connectivity index (χ4n) is 2.06. The van der Waals surface area contributed by atoms with Crippen LogP contribution in [-0.4, -0.2) is 24.7 Å². The second kappa shape index (κ2) is 5.36. The lowest BCUT2D eigenvalue weighted by molar-refractivity contribution is 0.0768. The molecule has 1 atom stereocenters. The molecule has 0 amide bonds. The van der Waals surface area contributed by atoms with Gasteiger partial charge in [-0.1, -0.05) is 12.1 Å². The van der Waals surface area contributed by atoms with E-state index in [9.17, 15) is 4.39 Å². The third-order valence-corrected chi connectivity index (χ3v) is 4.17. The van der Waals surface area contributed by atoms with Gasteiger partial charge in [-0.05, 0) is 18.6 Å². The van der Waals surface area contributed by atoms with E-state index in [1.54, 1.807) is 30.4 Å². The molecule has 1 N–H and O–H groups in total. The predicted molar refractivity (Wildman–Crippen MR) is 73.8 cm³/mol. The lowest BCUT2D eigenvalue weighted by atomic mass is 10.1. The van der Waals surface area contributed by atoms with Gasteiger partial charge in [0.15, 0.2) is 0 Å². The fourth-order valence-corrected chi connectivity index (χ4v) is 2.94. The monoisotopic (exact) mass is 278 g/mol. The smallest absolute Gasteiger partial charge is 0.126 e. The van der Waals surface area contributed by atoms with Crippen molar-refractivity contribution in [1.29, 1.82) is 0 Å². The van der Waals surface area contributed by atoms with Gasteiger partial charge >= 0.3 is 0 Å². The summed E-state index contributed by atoms with van der Waals surface area (Å²) < 4.78 is 19.0. The third-order valence-electron chi connectivity index (χ3n) is 3.21. The van der Waals surface area contributed by atoms with Crippen molar-refractivity contribution < 1.29 is 9.13 Å². The second-order valence-corrected chi connectivity index (χ2v) is 5.51. The van der Waals surface area contributed by atoms with E-state index in [0.29, 0.717) is 12.2 Å². The van der Waals surface area contributed by atoms with Crippen LogP contribution in [0.25, 0.3) is 11.3 Å². The van der Waals surface area contributed by atoms with Crippen LogP contribution in [0.4, 0.5) is 4.39 Å². The summed E-state index contributed by atoms with van der Waals surface area (Å²) in [6.07, 6.45) is 0. The summed E-state index contributed by atoms with van der Waals surface area (Å²) in [5.74, 6) is -0.189. The van der Waals surface area contributed by atoms with Gasteiger partial charge in [-0.2, -0.15) is 0 Å². The van der Waals surface area contributed by atoms with E-state index in [0.717, 1.165) is 29.4 Å². The van der Waals surface area contributed by atoms with E-state index in [1.165, 1.54) is 0 Å². The molecule has 3 nitrogen and oxygen atoms in total. The molecular weight excluding hydrogens is 263 g/mol. The zero-order chi connectivity index (χ0) is 13.2. The third kappa shape index (κ3) is 2.68. The Kier molecular flexibility index (Phi) is 3.59. The average Bonchev–Trinajstić information content (AvgIpc) is 2.93. The maximum atomic E-state index is 13.6. The topological polar surface area (TPSA) is 34.1 Å².